The lowest BCUT2D eigenvalue weighted by Gasteiger charge is -2.10. The van der Waals surface area contributed by atoms with Crippen molar-refractivity contribution < 1.29 is 0 Å². The van der Waals surface area contributed by atoms with Crippen molar-refractivity contribution in [3.8, 4) is 0 Å². The minimum Gasteiger partial charge on any atom is -0.0654 e. The zero-order valence-corrected chi connectivity index (χ0v) is 19.1. The van der Waals surface area contributed by atoms with Gasteiger partial charge in [0.05, 0.1) is 0 Å². The van der Waals surface area contributed by atoms with Gasteiger partial charge in [0.1, 0.15) is 17.3 Å². The van der Waals surface area contributed by atoms with Gasteiger partial charge in [0, 0.05) is 0 Å². The third-order valence-electron chi connectivity index (χ3n) is 5.36. The Labute approximate surface area is 164 Å². The van der Waals surface area contributed by atoms with Gasteiger partial charge in [-0.15, -0.1) is 0 Å². The Morgan fingerprint density at radius 3 is 0.840 bits per heavy atom. The maximum Gasteiger partial charge on any atom is 0.108 e. The first-order valence-corrected chi connectivity index (χ1v) is 13.7. The molecule has 0 saturated heterocycles. The standard InChI is InChI=1S/C24H51S/c1-4-7-10-13-16-19-22-25(23-20-17-14-11-8-5-2)24-21-18-15-12-9-6-3/h4-24H2,1-3H3/q+1. The third kappa shape index (κ3) is 20.5. The molecule has 0 aliphatic carbocycles. The number of hydrogen-bond donors (Lipinski definition) is 0. The lowest BCUT2D eigenvalue weighted by molar-refractivity contribution is 0.619. The Kier molecular flexibility index (Phi) is 22.7. The maximum absolute atomic E-state index is 2.32. The first-order valence-electron chi connectivity index (χ1n) is 12.0. The van der Waals surface area contributed by atoms with Gasteiger partial charge in [-0.05, 0) is 49.4 Å². The van der Waals surface area contributed by atoms with Gasteiger partial charge in [-0.25, -0.2) is 0 Å². The minimum absolute atomic E-state index is 0.754. The largest absolute Gasteiger partial charge is 0.108 e. The van der Waals surface area contributed by atoms with E-state index in [1.807, 2.05) is 0 Å². The second-order valence-electron chi connectivity index (χ2n) is 8.03. The molecule has 152 valence electrons. The Balaban J connectivity index is 3.76. The van der Waals surface area contributed by atoms with Crippen LogP contribution in [0.4, 0.5) is 0 Å². The molecule has 0 heterocycles. The van der Waals surface area contributed by atoms with E-state index >= 15 is 0 Å². The highest BCUT2D eigenvalue weighted by molar-refractivity contribution is 7.96. The van der Waals surface area contributed by atoms with E-state index in [1.165, 1.54) is 116 Å². The summed E-state index contributed by atoms with van der Waals surface area (Å²) in [5, 5.41) is 0. The summed E-state index contributed by atoms with van der Waals surface area (Å²) >= 11 is 0. The SMILES string of the molecule is CCCCCCCC[S+](CCCCCCCC)CCCCCCCC. The van der Waals surface area contributed by atoms with Crippen LogP contribution in [-0.4, -0.2) is 17.3 Å². The van der Waals surface area contributed by atoms with Crippen molar-refractivity contribution in [2.75, 3.05) is 17.3 Å². The molecule has 0 nitrogen and oxygen atoms in total. The van der Waals surface area contributed by atoms with E-state index in [2.05, 4.69) is 20.8 Å². The van der Waals surface area contributed by atoms with E-state index in [1.54, 1.807) is 17.3 Å². The molecule has 0 radical (unpaired) electrons. The molecule has 0 rings (SSSR count). The Bertz CT molecular complexity index is 188. The fraction of sp³-hybridized carbons (Fsp3) is 1.00. The lowest BCUT2D eigenvalue weighted by Crippen LogP contribution is -2.17. The van der Waals surface area contributed by atoms with Crippen LogP contribution in [-0.2, 0) is 10.9 Å². The van der Waals surface area contributed by atoms with Gasteiger partial charge in [0.2, 0.25) is 0 Å². The van der Waals surface area contributed by atoms with Gasteiger partial charge in [-0.1, -0.05) is 97.8 Å². The van der Waals surface area contributed by atoms with E-state index in [0.717, 1.165) is 10.9 Å². The molecule has 1 heteroatoms. The molecule has 0 spiro atoms. The average Bonchev–Trinajstić information content (AvgIpc) is 2.63. The van der Waals surface area contributed by atoms with Crippen molar-refractivity contribution >= 4 is 10.9 Å². The van der Waals surface area contributed by atoms with Crippen LogP contribution in [0.15, 0.2) is 0 Å². The molecule has 0 atom stereocenters. The van der Waals surface area contributed by atoms with E-state index in [-0.39, 0.29) is 0 Å². The topological polar surface area (TPSA) is 0 Å². The molecule has 25 heavy (non-hydrogen) atoms. The monoisotopic (exact) mass is 371 g/mol. The third-order valence-corrected chi connectivity index (χ3v) is 7.96. The number of rotatable bonds is 21. The van der Waals surface area contributed by atoms with E-state index in [4.69, 9.17) is 0 Å². The van der Waals surface area contributed by atoms with Gasteiger partial charge in [-0.3, -0.25) is 0 Å². The molecule has 0 aliphatic heterocycles. The summed E-state index contributed by atoms with van der Waals surface area (Å²) in [6, 6.07) is 0. The number of unbranched alkanes of at least 4 members (excludes halogenated alkanes) is 15. The van der Waals surface area contributed by atoms with Crippen LogP contribution >= 0.6 is 0 Å². The minimum atomic E-state index is 0.754. The highest BCUT2D eigenvalue weighted by Gasteiger charge is 2.16. The van der Waals surface area contributed by atoms with Gasteiger partial charge in [0.25, 0.3) is 0 Å². The predicted octanol–water partition coefficient (Wildman–Crippen LogP) is 8.69. The highest BCUT2D eigenvalue weighted by Crippen LogP contribution is 2.14. The first kappa shape index (κ1) is 25.4. The molecule has 0 aromatic carbocycles. The van der Waals surface area contributed by atoms with Crippen molar-refractivity contribution in [2.24, 2.45) is 0 Å². The van der Waals surface area contributed by atoms with Crippen LogP contribution < -0.4 is 0 Å². The molecular formula is C24H51S+. The lowest BCUT2D eigenvalue weighted by atomic mass is 10.1. The van der Waals surface area contributed by atoms with Crippen molar-refractivity contribution in [1.29, 1.82) is 0 Å². The molecule has 0 fully saturated rings. The van der Waals surface area contributed by atoms with Crippen LogP contribution in [0.2, 0.25) is 0 Å². The molecule has 0 bridgehead atoms. The fourth-order valence-electron chi connectivity index (χ4n) is 3.57. The van der Waals surface area contributed by atoms with Crippen molar-refractivity contribution in [3.63, 3.8) is 0 Å². The Morgan fingerprint density at radius 2 is 0.560 bits per heavy atom. The highest BCUT2D eigenvalue weighted by atomic mass is 32.2. The second kappa shape index (κ2) is 22.4. The summed E-state index contributed by atoms with van der Waals surface area (Å²) in [4.78, 5) is 0. The molecule has 0 aromatic heterocycles. The Morgan fingerprint density at radius 1 is 0.320 bits per heavy atom. The zero-order chi connectivity index (χ0) is 18.4. The maximum atomic E-state index is 2.32. The van der Waals surface area contributed by atoms with Gasteiger partial charge in [-0.2, -0.15) is 0 Å². The molecule has 0 saturated carbocycles. The van der Waals surface area contributed by atoms with Gasteiger partial charge < -0.3 is 0 Å². The molecule has 0 aromatic rings. The fourth-order valence-corrected chi connectivity index (χ4v) is 6.02. The molecule has 0 unspecified atom stereocenters. The Hall–Kier alpha value is 0.350. The molecule has 0 aliphatic rings. The number of hydrogen-bond acceptors (Lipinski definition) is 0. The first-order chi connectivity index (χ1) is 12.3. The quantitative estimate of drug-likeness (QED) is 0.140. The smallest absolute Gasteiger partial charge is 0.0654 e. The summed E-state index contributed by atoms with van der Waals surface area (Å²) in [6.07, 6.45) is 26.4. The van der Waals surface area contributed by atoms with Crippen molar-refractivity contribution in [1.82, 2.24) is 0 Å². The van der Waals surface area contributed by atoms with Gasteiger partial charge >= 0.3 is 0 Å². The predicted molar refractivity (Wildman–Crippen MR) is 122 cm³/mol. The van der Waals surface area contributed by atoms with Crippen LogP contribution in [0.25, 0.3) is 0 Å². The van der Waals surface area contributed by atoms with Crippen LogP contribution in [0.5, 0.6) is 0 Å². The summed E-state index contributed by atoms with van der Waals surface area (Å²) < 4.78 is 0. The van der Waals surface area contributed by atoms with Crippen molar-refractivity contribution in [3.05, 3.63) is 0 Å². The second-order valence-corrected chi connectivity index (χ2v) is 10.5. The van der Waals surface area contributed by atoms with Crippen molar-refractivity contribution in [2.45, 2.75) is 136 Å². The zero-order valence-electron chi connectivity index (χ0n) is 18.3. The van der Waals surface area contributed by atoms with E-state index in [9.17, 15) is 0 Å². The molecule has 0 N–H and O–H groups in total. The van der Waals surface area contributed by atoms with Crippen LogP contribution in [0.3, 0.4) is 0 Å². The van der Waals surface area contributed by atoms with Crippen LogP contribution in [0.1, 0.15) is 136 Å². The summed E-state index contributed by atoms with van der Waals surface area (Å²) in [5.74, 6) is 4.65. The summed E-state index contributed by atoms with van der Waals surface area (Å²) in [6.45, 7) is 6.95. The molecular weight excluding hydrogens is 320 g/mol. The summed E-state index contributed by atoms with van der Waals surface area (Å²) in [5.41, 5.74) is 0. The summed E-state index contributed by atoms with van der Waals surface area (Å²) in [7, 11) is 0.754. The van der Waals surface area contributed by atoms with Gasteiger partial charge in [0.15, 0.2) is 0 Å². The molecule has 0 amide bonds. The van der Waals surface area contributed by atoms with Crippen LogP contribution in [0, 0.1) is 0 Å². The normalized spacial score (nSPS) is 11.5. The van der Waals surface area contributed by atoms with E-state index in [0.29, 0.717) is 0 Å². The van der Waals surface area contributed by atoms with E-state index < -0.39 is 0 Å². The average molecular weight is 372 g/mol.